The summed E-state index contributed by atoms with van der Waals surface area (Å²) in [4.78, 5) is 16.3. The molecule has 1 aliphatic carbocycles. The molecule has 5 heteroatoms. The molecule has 1 aromatic rings. The Labute approximate surface area is 109 Å². The number of halogens is 1. The zero-order chi connectivity index (χ0) is 12.3. The van der Waals surface area contributed by atoms with Gasteiger partial charge in [-0.15, -0.1) is 0 Å². The number of hydrogen-bond donors (Lipinski definition) is 2. The van der Waals surface area contributed by atoms with E-state index in [-0.39, 0.29) is 18.0 Å². The van der Waals surface area contributed by atoms with E-state index < -0.39 is 0 Å². The number of carbonyl (C=O) groups is 1. The lowest BCUT2D eigenvalue weighted by molar-refractivity contribution is 0.0922. The van der Waals surface area contributed by atoms with E-state index in [9.17, 15) is 4.79 Å². The summed E-state index contributed by atoms with van der Waals surface area (Å²) in [5, 5.41) is 2.98. The van der Waals surface area contributed by atoms with Crippen LogP contribution in [0.25, 0.3) is 0 Å². The Kier molecular flexibility index (Phi) is 4.12. The molecule has 1 fully saturated rings. The highest BCUT2D eigenvalue weighted by Crippen LogP contribution is 2.23. The van der Waals surface area contributed by atoms with Crippen molar-refractivity contribution >= 4 is 21.8 Å². The Morgan fingerprint density at radius 3 is 3.06 bits per heavy atom. The van der Waals surface area contributed by atoms with Crippen molar-refractivity contribution in [1.82, 2.24) is 10.3 Å². The first-order valence-electron chi connectivity index (χ1n) is 5.77. The number of nitrogens with zero attached hydrogens (tertiary/aromatic N) is 1. The first-order chi connectivity index (χ1) is 8.16. The molecule has 3 atom stereocenters. The van der Waals surface area contributed by atoms with Crippen LogP contribution in [-0.4, -0.2) is 27.8 Å². The van der Waals surface area contributed by atoms with Crippen LogP contribution in [0.5, 0.6) is 0 Å². The third-order valence-corrected chi connectivity index (χ3v) is 3.91. The molecule has 0 saturated heterocycles. The van der Waals surface area contributed by atoms with Gasteiger partial charge in [-0.25, -0.2) is 0 Å². The van der Waals surface area contributed by atoms with Crippen LogP contribution in [0, 0.1) is 0 Å². The lowest BCUT2D eigenvalue weighted by atomic mass is 9.91. The van der Waals surface area contributed by atoms with Crippen LogP contribution in [0.15, 0.2) is 24.5 Å². The number of rotatable bonds is 2. The van der Waals surface area contributed by atoms with Crippen LogP contribution in [-0.2, 0) is 0 Å². The third kappa shape index (κ3) is 3.26. The minimum absolute atomic E-state index is 0.0424. The molecule has 0 bridgehead atoms. The highest BCUT2D eigenvalue weighted by atomic mass is 79.9. The van der Waals surface area contributed by atoms with E-state index in [0.717, 1.165) is 19.3 Å². The van der Waals surface area contributed by atoms with Gasteiger partial charge in [0.25, 0.3) is 5.91 Å². The van der Waals surface area contributed by atoms with Crippen molar-refractivity contribution in [2.75, 3.05) is 0 Å². The van der Waals surface area contributed by atoms with Crippen LogP contribution < -0.4 is 11.1 Å². The van der Waals surface area contributed by atoms with Crippen LogP contribution in [0.1, 0.15) is 29.6 Å². The van der Waals surface area contributed by atoms with Crippen LogP contribution in [0.4, 0.5) is 0 Å². The number of nitrogens with two attached hydrogens (primary N) is 1. The molecule has 0 aromatic carbocycles. The summed E-state index contributed by atoms with van der Waals surface area (Å²) in [6.07, 6.45) is 6.11. The van der Waals surface area contributed by atoms with Crippen molar-refractivity contribution < 1.29 is 4.79 Å². The van der Waals surface area contributed by atoms with E-state index in [1.165, 1.54) is 0 Å². The van der Waals surface area contributed by atoms with Crippen molar-refractivity contribution in [3.05, 3.63) is 30.1 Å². The molecule has 1 amide bonds. The third-order valence-electron chi connectivity index (χ3n) is 3.08. The summed E-state index contributed by atoms with van der Waals surface area (Å²) < 4.78 is 0. The predicted octanol–water partition coefficient (Wildman–Crippen LogP) is 1.45. The Morgan fingerprint density at radius 2 is 2.35 bits per heavy atom. The number of nitrogens with one attached hydrogen (secondary N) is 1. The monoisotopic (exact) mass is 297 g/mol. The number of hydrogen-bond acceptors (Lipinski definition) is 3. The van der Waals surface area contributed by atoms with Crippen molar-refractivity contribution in [3.63, 3.8) is 0 Å². The molecule has 2 rings (SSSR count). The first kappa shape index (κ1) is 12.5. The van der Waals surface area contributed by atoms with E-state index in [4.69, 9.17) is 5.73 Å². The maximum Gasteiger partial charge on any atom is 0.253 e. The Bertz CT molecular complexity index is 385. The molecule has 1 aliphatic rings. The summed E-state index contributed by atoms with van der Waals surface area (Å²) in [6.45, 7) is 0. The number of alkyl halides is 1. The number of aromatic nitrogens is 1. The SMILES string of the molecule is NC1CCC(Br)CC1NC(=O)c1cccnc1. The fraction of sp³-hybridized carbons (Fsp3) is 0.500. The fourth-order valence-electron chi connectivity index (χ4n) is 2.06. The highest BCUT2D eigenvalue weighted by molar-refractivity contribution is 9.09. The van der Waals surface area contributed by atoms with Gasteiger partial charge >= 0.3 is 0 Å². The molecular weight excluding hydrogens is 282 g/mol. The normalized spacial score (nSPS) is 28.7. The van der Waals surface area contributed by atoms with Crippen molar-refractivity contribution in [3.8, 4) is 0 Å². The number of amides is 1. The molecule has 92 valence electrons. The highest BCUT2D eigenvalue weighted by Gasteiger charge is 2.28. The molecular formula is C12H16BrN3O. The van der Waals surface area contributed by atoms with Gasteiger partial charge < -0.3 is 11.1 Å². The summed E-state index contributed by atoms with van der Waals surface area (Å²) in [5.41, 5.74) is 6.60. The van der Waals surface area contributed by atoms with Gasteiger partial charge in [0.1, 0.15) is 0 Å². The lowest BCUT2D eigenvalue weighted by Crippen LogP contribution is -2.51. The van der Waals surface area contributed by atoms with Crippen molar-refractivity contribution in [1.29, 1.82) is 0 Å². The quantitative estimate of drug-likeness (QED) is 0.812. The van der Waals surface area contributed by atoms with E-state index in [2.05, 4.69) is 26.2 Å². The van der Waals surface area contributed by atoms with Gasteiger partial charge in [0, 0.05) is 29.3 Å². The topological polar surface area (TPSA) is 68.0 Å². The summed E-state index contributed by atoms with van der Waals surface area (Å²) in [5.74, 6) is -0.0971. The molecule has 17 heavy (non-hydrogen) atoms. The second kappa shape index (κ2) is 5.60. The lowest BCUT2D eigenvalue weighted by Gasteiger charge is -2.32. The van der Waals surface area contributed by atoms with E-state index >= 15 is 0 Å². The first-order valence-corrected chi connectivity index (χ1v) is 6.69. The molecule has 0 spiro atoms. The van der Waals surface area contributed by atoms with Gasteiger partial charge in [-0.3, -0.25) is 9.78 Å². The number of pyridine rings is 1. The van der Waals surface area contributed by atoms with Gasteiger partial charge in [-0.05, 0) is 31.4 Å². The van der Waals surface area contributed by atoms with Gasteiger partial charge in [0.15, 0.2) is 0 Å². The van der Waals surface area contributed by atoms with Crippen molar-refractivity contribution in [2.24, 2.45) is 5.73 Å². The maximum atomic E-state index is 11.9. The molecule has 1 saturated carbocycles. The van der Waals surface area contributed by atoms with Crippen LogP contribution in [0.2, 0.25) is 0 Å². The zero-order valence-corrected chi connectivity index (χ0v) is 11.1. The predicted molar refractivity (Wildman–Crippen MR) is 70.0 cm³/mol. The second-order valence-electron chi connectivity index (χ2n) is 4.40. The second-order valence-corrected chi connectivity index (χ2v) is 5.69. The van der Waals surface area contributed by atoms with Crippen LogP contribution in [0.3, 0.4) is 0 Å². The van der Waals surface area contributed by atoms with Gasteiger partial charge in [-0.1, -0.05) is 15.9 Å². The molecule has 0 aliphatic heterocycles. The standard InChI is InChI=1S/C12H16BrN3O/c13-9-3-4-10(14)11(6-9)16-12(17)8-2-1-5-15-7-8/h1-2,5,7,9-11H,3-4,6,14H2,(H,16,17). The maximum absolute atomic E-state index is 11.9. The Morgan fingerprint density at radius 1 is 1.53 bits per heavy atom. The molecule has 3 N–H and O–H groups in total. The van der Waals surface area contributed by atoms with Gasteiger partial charge in [-0.2, -0.15) is 0 Å². The molecule has 0 radical (unpaired) electrons. The Hall–Kier alpha value is -0.940. The molecule has 1 aromatic heterocycles. The minimum Gasteiger partial charge on any atom is -0.348 e. The molecule has 4 nitrogen and oxygen atoms in total. The number of carbonyl (C=O) groups excluding carboxylic acids is 1. The minimum atomic E-state index is -0.0971. The van der Waals surface area contributed by atoms with E-state index in [1.54, 1.807) is 24.5 Å². The molecule has 3 unspecified atom stereocenters. The van der Waals surface area contributed by atoms with Crippen LogP contribution >= 0.6 is 15.9 Å². The summed E-state index contributed by atoms with van der Waals surface area (Å²) >= 11 is 3.58. The smallest absolute Gasteiger partial charge is 0.253 e. The average molecular weight is 298 g/mol. The summed E-state index contributed by atoms with van der Waals surface area (Å²) in [6, 6.07) is 3.59. The largest absolute Gasteiger partial charge is 0.348 e. The molecule has 1 heterocycles. The Balaban J connectivity index is 1.98. The van der Waals surface area contributed by atoms with E-state index in [0.29, 0.717) is 10.4 Å². The fourth-order valence-corrected chi connectivity index (χ4v) is 2.72. The van der Waals surface area contributed by atoms with Gasteiger partial charge in [0.05, 0.1) is 5.56 Å². The van der Waals surface area contributed by atoms with Gasteiger partial charge in [0.2, 0.25) is 0 Å². The average Bonchev–Trinajstić information content (AvgIpc) is 2.35. The van der Waals surface area contributed by atoms with Crippen molar-refractivity contribution in [2.45, 2.75) is 36.2 Å². The summed E-state index contributed by atoms with van der Waals surface area (Å²) in [7, 11) is 0. The van der Waals surface area contributed by atoms with E-state index in [1.807, 2.05) is 0 Å². The zero-order valence-electron chi connectivity index (χ0n) is 9.47.